The molecular formula is C15H28O13. The Balaban J connectivity index is 2.11. The second-order valence-electron chi connectivity index (χ2n) is 6.67. The van der Waals surface area contributed by atoms with Crippen molar-refractivity contribution in [3.8, 4) is 0 Å². The molecule has 2 saturated heterocycles. The van der Waals surface area contributed by atoms with Crippen LogP contribution in [0.4, 0.5) is 0 Å². The van der Waals surface area contributed by atoms with Crippen molar-refractivity contribution in [2.45, 2.75) is 67.5 Å². The van der Waals surface area contributed by atoms with Gasteiger partial charge in [0.15, 0.2) is 12.6 Å². The highest BCUT2D eigenvalue weighted by Crippen LogP contribution is 2.29. The summed E-state index contributed by atoms with van der Waals surface area (Å²) < 4.78 is 20.9. The van der Waals surface area contributed by atoms with Crippen LogP contribution >= 0.6 is 0 Å². The van der Waals surface area contributed by atoms with Crippen molar-refractivity contribution < 1.29 is 64.9 Å². The standard InChI is InChI=1S/C15H28O13/c16-1-5(19)4-25-14-12(24)13(9(21)7(3-18)26-14)28-15-11(23)10(22)8(20)6(2-17)27-15/h5-24H,1-4H2/t5?,6-,7-,8+,9+,10+,11-,12-,13+,14+,15+/m1/s1. The number of aliphatic hydroxyl groups is 9. The molecule has 0 aliphatic carbocycles. The van der Waals surface area contributed by atoms with E-state index in [9.17, 15) is 40.9 Å². The number of hydrogen-bond donors (Lipinski definition) is 9. The maximum Gasteiger partial charge on any atom is 0.187 e. The molecule has 166 valence electrons. The van der Waals surface area contributed by atoms with Crippen LogP contribution in [0, 0.1) is 0 Å². The summed E-state index contributed by atoms with van der Waals surface area (Å²) in [6, 6.07) is 0. The van der Waals surface area contributed by atoms with Crippen molar-refractivity contribution in [3.63, 3.8) is 0 Å². The Morgan fingerprint density at radius 3 is 1.86 bits per heavy atom. The highest BCUT2D eigenvalue weighted by molar-refractivity contribution is 4.94. The Bertz CT molecular complexity index is 465. The van der Waals surface area contributed by atoms with E-state index in [1.165, 1.54) is 0 Å². The van der Waals surface area contributed by atoms with E-state index >= 15 is 0 Å². The average Bonchev–Trinajstić information content (AvgIpc) is 2.70. The maximum atomic E-state index is 10.4. The number of aliphatic hydroxyl groups excluding tert-OH is 9. The normalized spacial score (nSPS) is 45.8. The zero-order chi connectivity index (χ0) is 21.0. The summed E-state index contributed by atoms with van der Waals surface area (Å²) >= 11 is 0. The van der Waals surface area contributed by atoms with Gasteiger partial charge in [-0.3, -0.25) is 0 Å². The molecule has 2 aliphatic rings. The minimum absolute atomic E-state index is 0.431. The lowest BCUT2D eigenvalue weighted by molar-refractivity contribution is -0.361. The number of hydrogen-bond acceptors (Lipinski definition) is 13. The molecule has 2 rings (SSSR count). The molecule has 0 aromatic carbocycles. The largest absolute Gasteiger partial charge is 0.394 e. The third-order valence-electron chi connectivity index (χ3n) is 4.63. The lowest BCUT2D eigenvalue weighted by atomic mass is 9.97. The smallest absolute Gasteiger partial charge is 0.187 e. The molecule has 2 aliphatic heterocycles. The van der Waals surface area contributed by atoms with Crippen LogP contribution in [0.2, 0.25) is 0 Å². The first kappa shape index (κ1) is 23.8. The Hall–Kier alpha value is -0.520. The van der Waals surface area contributed by atoms with E-state index < -0.39 is 93.9 Å². The van der Waals surface area contributed by atoms with E-state index in [-0.39, 0.29) is 0 Å². The van der Waals surface area contributed by atoms with Crippen LogP contribution in [0.3, 0.4) is 0 Å². The van der Waals surface area contributed by atoms with Gasteiger partial charge in [0.2, 0.25) is 0 Å². The number of ether oxygens (including phenoxy) is 4. The van der Waals surface area contributed by atoms with Crippen LogP contribution in [-0.2, 0) is 18.9 Å². The van der Waals surface area contributed by atoms with Crippen LogP contribution in [0.25, 0.3) is 0 Å². The van der Waals surface area contributed by atoms with Crippen molar-refractivity contribution in [2.24, 2.45) is 0 Å². The van der Waals surface area contributed by atoms with Crippen LogP contribution < -0.4 is 0 Å². The Morgan fingerprint density at radius 2 is 1.29 bits per heavy atom. The van der Waals surface area contributed by atoms with Crippen LogP contribution in [-0.4, -0.2) is 140 Å². The third-order valence-corrected chi connectivity index (χ3v) is 4.63. The van der Waals surface area contributed by atoms with E-state index in [1.54, 1.807) is 0 Å². The fourth-order valence-corrected chi connectivity index (χ4v) is 2.94. The van der Waals surface area contributed by atoms with Gasteiger partial charge >= 0.3 is 0 Å². The molecule has 0 saturated carbocycles. The second kappa shape index (κ2) is 10.5. The molecule has 13 heteroatoms. The predicted octanol–water partition coefficient (Wildman–Crippen LogP) is -6.02. The molecule has 0 spiro atoms. The van der Waals surface area contributed by atoms with E-state index in [2.05, 4.69) is 0 Å². The van der Waals surface area contributed by atoms with Gasteiger partial charge in [0.1, 0.15) is 54.9 Å². The summed E-state index contributed by atoms with van der Waals surface area (Å²) in [4.78, 5) is 0. The van der Waals surface area contributed by atoms with Gasteiger partial charge in [-0.2, -0.15) is 0 Å². The summed E-state index contributed by atoms with van der Waals surface area (Å²) in [5.41, 5.74) is 0. The topological polar surface area (TPSA) is 219 Å². The molecule has 9 N–H and O–H groups in total. The zero-order valence-electron chi connectivity index (χ0n) is 14.8. The first-order valence-corrected chi connectivity index (χ1v) is 8.74. The van der Waals surface area contributed by atoms with E-state index in [0.717, 1.165) is 0 Å². The Kier molecular flexibility index (Phi) is 8.90. The quantitative estimate of drug-likeness (QED) is 0.180. The molecule has 11 atom stereocenters. The molecule has 0 aromatic rings. The molecular weight excluding hydrogens is 388 g/mol. The van der Waals surface area contributed by atoms with Gasteiger partial charge in [0, 0.05) is 0 Å². The summed E-state index contributed by atoms with van der Waals surface area (Å²) in [7, 11) is 0. The lowest BCUT2D eigenvalue weighted by Crippen LogP contribution is -2.65. The highest BCUT2D eigenvalue weighted by Gasteiger charge is 2.50. The van der Waals surface area contributed by atoms with Gasteiger partial charge < -0.3 is 64.9 Å². The molecule has 0 radical (unpaired) electrons. The monoisotopic (exact) mass is 416 g/mol. The second-order valence-corrected chi connectivity index (χ2v) is 6.67. The van der Waals surface area contributed by atoms with Crippen molar-refractivity contribution in [1.29, 1.82) is 0 Å². The SMILES string of the molecule is OCC(O)CO[C@H]1O[C@H](CO)[C@H](O)[C@H](O[C@@H]2O[C@H](CO)[C@H](O)[C@H](O)[C@H]2O)[C@H]1O. The van der Waals surface area contributed by atoms with Gasteiger partial charge in [-0.15, -0.1) is 0 Å². The van der Waals surface area contributed by atoms with Crippen LogP contribution in [0.1, 0.15) is 0 Å². The predicted molar refractivity (Wildman–Crippen MR) is 85.4 cm³/mol. The van der Waals surface area contributed by atoms with Crippen LogP contribution in [0.5, 0.6) is 0 Å². The zero-order valence-corrected chi connectivity index (χ0v) is 14.8. The fourth-order valence-electron chi connectivity index (χ4n) is 2.94. The third kappa shape index (κ3) is 5.14. The van der Waals surface area contributed by atoms with Crippen LogP contribution in [0.15, 0.2) is 0 Å². The summed E-state index contributed by atoms with van der Waals surface area (Å²) in [5.74, 6) is 0. The summed E-state index contributed by atoms with van der Waals surface area (Å²) in [6.07, 6.45) is -16.9. The first-order valence-electron chi connectivity index (χ1n) is 8.74. The first-order chi connectivity index (χ1) is 13.2. The Morgan fingerprint density at radius 1 is 0.714 bits per heavy atom. The maximum absolute atomic E-state index is 10.4. The molecule has 28 heavy (non-hydrogen) atoms. The van der Waals surface area contributed by atoms with E-state index in [0.29, 0.717) is 0 Å². The average molecular weight is 416 g/mol. The van der Waals surface area contributed by atoms with Crippen molar-refractivity contribution in [2.75, 3.05) is 26.4 Å². The minimum atomic E-state index is -1.77. The van der Waals surface area contributed by atoms with Crippen molar-refractivity contribution in [1.82, 2.24) is 0 Å². The Labute approximate surface area is 159 Å². The van der Waals surface area contributed by atoms with E-state index in [1.807, 2.05) is 0 Å². The van der Waals surface area contributed by atoms with Gasteiger partial charge in [-0.25, -0.2) is 0 Å². The molecule has 0 aromatic heterocycles. The van der Waals surface area contributed by atoms with Crippen molar-refractivity contribution in [3.05, 3.63) is 0 Å². The van der Waals surface area contributed by atoms with Gasteiger partial charge in [0.25, 0.3) is 0 Å². The fraction of sp³-hybridized carbons (Fsp3) is 1.00. The highest BCUT2D eigenvalue weighted by atomic mass is 16.7. The van der Waals surface area contributed by atoms with Gasteiger partial charge in [-0.05, 0) is 0 Å². The molecule has 1 unspecified atom stereocenters. The van der Waals surface area contributed by atoms with E-state index in [4.69, 9.17) is 24.1 Å². The molecule has 2 heterocycles. The molecule has 0 amide bonds. The lowest BCUT2D eigenvalue weighted by Gasteiger charge is -2.46. The molecule has 0 bridgehead atoms. The van der Waals surface area contributed by atoms with Gasteiger partial charge in [-0.1, -0.05) is 0 Å². The van der Waals surface area contributed by atoms with Crippen molar-refractivity contribution >= 4 is 0 Å². The number of rotatable bonds is 8. The summed E-state index contributed by atoms with van der Waals surface area (Å²) in [6.45, 7) is -2.43. The summed E-state index contributed by atoms with van der Waals surface area (Å²) in [5, 5.41) is 87.1. The molecule has 13 nitrogen and oxygen atoms in total. The molecule has 2 fully saturated rings. The minimum Gasteiger partial charge on any atom is -0.394 e. The van der Waals surface area contributed by atoms with Gasteiger partial charge in [0.05, 0.1) is 26.4 Å².